The normalized spacial score (nSPS) is 20.4. The van der Waals surface area contributed by atoms with Gasteiger partial charge in [-0.2, -0.15) is 0 Å². The fraction of sp³-hybridized carbons (Fsp3) is 0.857. The molecule has 3 nitrogen and oxygen atoms in total. The Morgan fingerprint density at radius 3 is 2.40 bits per heavy atom. The Kier molecular flexibility index (Phi) is 2.54. The maximum Gasteiger partial charge on any atom is 0.426 e. The first kappa shape index (κ1) is 7.38. The number of carbonyl (C=O) groups is 1. The second-order valence-electron chi connectivity index (χ2n) is 2.67. The molecule has 0 saturated heterocycles. The highest BCUT2D eigenvalue weighted by Gasteiger charge is 2.15. The van der Waals surface area contributed by atoms with E-state index in [2.05, 4.69) is 0 Å². The van der Waals surface area contributed by atoms with Gasteiger partial charge in [0, 0.05) is 0 Å². The van der Waals surface area contributed by atoms with Crippen molar-refractivity contribution < 1.29 is 9.53 Å². The molecule has 0 aromatic carbocycles. The highest BCUT2D eigenvalue weighted by Crippen LogP contribution is 2.19. The van der Waals surface area contributed by atoms with Crippen LogP contribution in [0.1, 0.15) is 32.1 Å². The van der Waals surface area contributed by atoms with Crippen molar-refractivity contribution in [3.63, 3.8) is 0 Å². The standard InChI is InChI=1S/C7H12NO2/c8-7(9)10-6-4-2-1-3-5-6/h6,8H,1-5H2. The second-order valence-corrected chi connectivity index (χ2v) is 2.67. The molecule has 1 saturated carbocycles. The van der Waals surface area contributed by atoms with Crippen molar-refractivity contribution in [3.05, 3.63) is 0 Å². The summed E-state index contributed by atoms with van der Waals surface area (Å²) in [7, 11) is 0. The molecule has 1 radical (unpaired) electrons. The summed E-state index contributed by atoms with van der Waals surface area (Å²) in [5.41, 5.74) is 6.55. The third-order valence-corrected chi connectivity index (χ3v) is 1.83. The Balaban J connectivity index is 2.19. The molecular weight excluding hydrogens is 130 g/mol. The molecule has 1 aliphatic carbocycles. The van der Waals surface area contributed by atoms with Gasteiger partial charge in [-0.25, -0.2) is 10.5 Å². The van der Waals surface area contributed by atoms with Gasteiger partial charge in [-0.15, -0.1) is 0 Å². The van der Waals surface area contributed by atoms with Crippen LogP contribution >= 0.6 is 0 Å². The van der Waals surface area contributed by atoms with Gasteiger partial charge < -0.3 is 4.74 Å². The van der Waals surface area contributed by atoms with Gasteiger partial charge in [0.1, 0.15) is 6.10 Å². The van der Waals surface area contributed by atoms with E-state index in [1.54, 1.807) is 0 Å². The summed E-state index contributed by atoms with van der Waals surface area (Å²) in [6, 6.07) is 0. The van der Waals surface area contributed by atoms with Crippen molar-refractivity contribution in [1.29, 1.82) is 0 Å². The van der Waals surface area contributed by atoms with E-state index >= 15 is 0 Å². The first-order valence-electron chi connectivity index (χ1n) is 3.71. The largest absolute Gasteiger partial charge is 0.445 e. The van der Waals surface area contributed by atoms with Crippen molar-refractivity contribution in [2.75, 3.05) is 0 Å². The molecule has 1 amide bonds. The van der Waals surface area contributed by atoms with Gasteiger partial charge >= 0.3 is 6.09 Å². The smallest absolute Gasteiger partial charge is 0.426 e. The van der Waals surface area contributed by atoms with Gasteiger partial charge in [0.2, 0.25) is 0 Å². The molecule has 3 heteroatoms. The molecule has 0 spiro atoms. The number of amides is 1. The Labute approximate surface area is 60.5 Å². The highest BCUT2D eigenvalue weighted by atomic mass is 16.6. The number of carbonyl (C=O) groups excluding carboxylic acids is 1. The first-order chi connectivity index (χ1) is 4.79. The number of ether oxygens (including phenoxy) is 1. The van der Waals surface area contributed by atoms with Crippen LogP contribution in [0.2, 0.25) is 0 Å². The van der Waals surface area contributed by atoms with E-state index in [0.717, 1.165) is 25.7 Å². The minimum Gasteiger partial charge on any atom is -0.445 e. The van der Waals surface area contributed by atoms with Crippen LogP contribution in [-0.4, -0.2) is 12.2 Å². The molecule has 1 aliphatic rings. The lowest BCUT2D eigenvalue weighted by Gasteiger charge is -2.19. The molecule has 0 heterocycles. The maximum absolute atomic E-state index is 10.2. The molecule has 0 atom stereocenters. The molecule has 0 aromatic rings. The summed E-state index contributed by atoms with van der Waals surface area (Å²) in [5.74, 6) is 0. The van der Waals surface area contributed by atoms with Gasteiger partial charge in [-0.05, 0) is 25.7 Å². The summed E-state index contributed by atoms with van der Waals surface area (Å²) in [6.07, 6.45) is 4.57. The van der Waals surface area contributed by atoms with Crippen LogP contribution in [0.5, 0.6) is 0 Å². The lowest BCUT2D eigenvalue weighted by molar-refractivity contribution is 0.0815. The zero-order valence-electron chi connectivity index (χ0n) is 5.93. The van der Waals surface area contributed by atoms with Crippen LogP contribution in [0.15, 0.2) is 0 Å². The predicted octanol–water partition coefficient (Wildman–Crippen LogP) is 1.74. The molecule has 1 rings (SSSR count). The van der Waals surface area contributed by atoms with Gasteiger partial charge in [-0.3, -0.25) is 0 Å². The molecule has 57 valence electrons. The predicted molar refractivity (Wildman–Crippen MR) is 36.5 cm³/mol. The van der Waals surface area contributed by atoms with Crippen molar-refractivity contribution in [3.8, 4) is 0 Å². The third-order valence-electron chi connectivity index (χ3n) is 1.83. The van der Waals surface area contributed by atoms with Crippen LogP contribution in [-0.2, 0) is 4.74 Å². The molecular formula is C7H12NO2. The van der Waals surface area contributed by atoms with E-state index in [1.807, 2.05) is 0 Å². The third kappa shape index (κ3) is 2.25. The summed E-state index contributed by atoms with van der Waals surface area (Å²) < 4.78 is 4.72. The molecule has 0 bridgehead atoms. The average molecular weight is 142 g/mol. The van der Waals surface area contributed by atoms with E-state index in [-0.39, 0.29) is 6.10 Å². The minimum atomic E-state index is -0.882. The maximum atomic E-state index is 10.2. The summed E-state index contributed by atoms with van der Waals surface area (Å²) in [5, 5.41) is 0. The van der Waals surface area contributed by atoms with Gasteiger partial charge in [-0.1, -0.05) is 6.42 Å². The van der Waals surface area contributed by atoms with E-state index in [4.69, 9.17) is 10.5 Å². The number of rotatable bonds is 1. The molecule has 0 unspecified atom stereocenters. The van der Waals surface area contributed by atoms with Crippen molar-refractivity contribution >= 4 is 6.09 Å². The molecule has 0 aliphatic heterocycles. The Bertz CT molecular complexity index is 119. The lowest BCUT2D eigenvalue weighted by atomic mass is 9.98. The van der Waals surface area contributed by atoms with Crippen LogP contribution in [0.4, 0.5) is 4.79 Å². The zero-order chi connectivity index (χ0) is 7.40. The van der Waals surface area contributed by atoms with E-state index in [0.29, 0.717) is 0 Å². The highest BCUT2D eigenvalue weighted by molar-refractivity contribution is 5.63. The minimum absolute atomic E-state index is 0.0405. The van der Waals surface area contributed by atoms with E-state index in [9.17, 15) is 4.79 Å². The Morgan fingerprint density at radius 2 is 1.90 bits per heavy atom. The molecule has 0 aromatic heterocycles. The summed E-state index contributed by atoms with van der Waals surface area (Å²) in [4.78, 5) is 10.2. The second kappa shape index (κ2) is 3.44. The van der Waals surface area contributed by atoms with Crippen molar-refractivity contribution in [2.24, 2.45) is 0 Å². The lowest BCUT2D eigenvalue weighted by Crippen LogP contribution is -2.20. The quantitative estimate of drug-likeness (QED) is 0.559. The van der Waals surface area contributed by atoms with E-state index in [1.165, 1.54) is 6.42 Å². The van der Waals surface area contributed by atoms with Gasteiger partial charge in [0.25, 0.3) is 0 Å². The number of hydrogen-bond acceptors (Lipinski definition) is 2. The molecule has 1 fully saturated rings. The Morgan fingerprint density at radius 1 is 1.30 bits per heavy atom. The SMILES string of the molecule is [NH]C(=O)OC1CCCCC1. The average Bonchev–Trinajstić information content (AvgIpc) is 1.88. The van der Waals surface area contributed by atoms with Crippen LogP contribution in [0, 0.1) is 0 Å². The summed E-state index contributed by atoms with van der Waals surface area (Å²) >= 11 is 0. The summed E-state index contributed by atoms with van der Waals surface area (Å²) in [6.45, 7) is 0. The number of nitrogens with one attached hydrogen (secondary N) is 1. The monoisotopic (exact) mass is 142 g/mol. The van der Waals surface area contributed by atoms with E-state index < -0.39 is 6.09 Å². The van der Waals surface area contributed by atoms with Crippen LogP contribution in [0.25, 0.3) is 0 Å². The number of hydrogen-bond donors (Lipinski definition) is 0. The van der Waals surface area contributed by atoms with Crippen LogP contribution < -0.4 is 5.73 Å². The van der Waals surface area contributed by atoms with Gasteiger partial charge in [0.05, 0.1) is 0 Å². The van der Waals surface area contributed by atoms with Gasteiger partial charge in [0.15, 0.2) is 0 Å². The zero-order valence-corrected chi connectivity index (χ0v) is 5.93. The molecule has 10 heavy (non-hydrogen) atoms. The van der Waals surface area contributed by atoms with Crippen molar-refractivity contribution in [2.45, 2.75) is 38.2 Å². The van der Waals surface area contributed by atoms with Crippen molar-refractivity contribution in [1.82, 2.24) is 5.73 Å². The molecule has 1 N–H and O–H groups in total. The van der Waals surface area contributed by atoms with Crippen LogP contribution in [0.3, 0.4) is 0 Å². The topological polar surface area (TPSA) is 50.1 Å². The fourth-order valence-electron chi connectivity index (χ4n) is 1.33. The fourth-order valence-corrected chi connectivity index (χ4v) is 1.33. The first-order valence-corrected chi connectivity index (χ1v) is 3.71. The Hall–Kier alpha value is -0.730.